The Morgan fingerprint density at radius 2 is 2.26 bits per heavy atom. The van der Waals surface area contributed by atoms with Crippen LogP contribution in [0.25, 0.3) is 0 Å². The predicted octanol–water partition coefficient (Wildman–Crippen LogP) is 2.17. The van der Waals surface area contributed by atoms with Crippen LogP contribution in [-0.4, -0.2) is 29.3 Å². The summed E-state index contributed by atoms with van der Waals surface area (Å²) in [7, 11) is 1.58. The fourth-order valence-corrected chi connectivity index (χ4v) is 1.72. The van der Waals surface area contributed by atoms with Crippen molar-refractivity contribution in [2.45, 2.75) is 13.5 Å². The quantitative estimate of drug-likeness (QED) is 0.747. The molecular formula is C14H16N2O3. The summed E-state index contributed by atoms with van der Waals surface area (Å²) in [6.07, 6.45) is 3.58. The highest BCUT2D eigenvalue weighted by Crippen LogP contribution is 2.25. The molecule has 0 unspecified atom stereocenters. The number of nitrogens with zero attached hydrogens (tertiary/aromatic N) is 2. The number of ether oxygens (including phenoxy) is 2. The third-order valence-corrected chi connectivity index (χ3v) is 2.71. The molecule has 1 aromatic heterocycles. The maximum absolute atomic E-state index is 11.5. The van der Waals surface area contributed by atoms with Crippen LogP contribution in [0.2, 0.25) is 0 Å². The number of aromatic nitrogens is 2. The van der Waals surface area contributed by atoms with E-state index in [0.717, 1.165) is 0 Å². The fraction of sp³-hybridized carbons (Fsp3) is 0.286. The Labute approximate surface area is 111 Å². The van der Waals surface area contributed by atoms with Gasteiger partial charge >= 0.3 is 0 Å². The lowest BCUT2D eigenvalue weighted by Gasteiger charge is -2.11. The Morgan fingerprint density at radius 3 is 2.89 bits per heavy atom. The predicted molar refractivity (Wildman–Crippen MR) is 70.7 cm³/mol. The molecule has 0 N–H and O–H groups in total. The van der Waals surface area contributed by atoms with Crippen molar-refractivity contribution in [1.82, 2.24) is 9.78 Å². The summed E-state index contributed by atoms with van der Waals surface area (Å²) in [5.41, 5.74) is 0.557. The Bertz CT molecular complexity index is 550. The van der Waals surface area contributed by atoms with E-state index in [2.05, 4.69) is 5.10 Å². The van der Waals surface area contributed by atoms with Gasteiger partial charge in [-0.05, 0) is 25.1 Å². The van der Waals surface area contributed by atoms with Gasteiger partial charge in [-0.25, -0.2) is 0 Å². The molecule has 0 aliphatic carbocycles. The third-order valence-electron chi connectivity index (χ3n) is 2.71. The molecule has 0 aliphatic heterocycles. The number of carbonyl (C=O) groups excluding carboxylic acids is 1. The highest BCUT2D eigenvalue weighted by molar-refractivity contribution is 5.97. The van der Waals surface area contributed by atoms with Crippen molar-refractivity contribution < 1.29 is 14.3 Å². The van der Waals surface area contributed by atoms with Crippen LogP contribution < -0.4 is 9.47 Å². The van der Waals surface area contributed by atoms with Crippen LogP contribution in [0, 0.1) is 0 Å². The number of carbonyl (C=O) groups is 1. The van der Waals surface area contributed by atoms with Gasteiger partial charge in [-0.15, -0.1) is 0 Å². The molecule has 19 heavy (non-hydrogen) atoms. The van der Waals surface area contributed by atoms with Crippen LogP contribution in [0.1, 0.15) is 17.3 Å². The minimum Gasteiger partial charge on any atom is -0.497 e. The SMILES string of the molecule is COc1ccc(C(C)=O)c(OCCn2cccn2)c1. The van der Waals surface area contributed by atoms with E-state index in [1.165, 1.54) is 6.92 Å². The molecular weight excluding hydrogens is 244 g/mol. The Kier molecular flexibility index (Phi) is 4.18. The lowest BCUT2D eigenvalue weighted by atomic mass is 10.1. The van der Waals surface area contributed by atoms with Gasteiger partial charge in [-0.1, -0.05) is 0 Å². The van der Waals surface area contributed by atoms with Gasteiger partial charge in [0.2, 0.25) is 0 Å². The number of benzene rings is 1. The van der Waals surface area contributed by atoms with Crippen molar-refractivity contribution in [3.8, 4) is 11.5 Å². The molecule has 5 nitrogen and oxygen atoms in total. The molecule has 5 heteroatoms. The van der Waals surface area contributed by atoms with Gasteiger partial charge in [-0.3, -0.25) is 9.48 Å². The summed E-state index contributed by atoms with van der Waals surface area (Å²) in [5.74, 6) is 1.18. The summed E-state index contributed by atoms with van der Waals surface area (Å²) in [5, 5.41) is 4.08. The van der Waals surface area contributed by atoms with Crippen LogP contribution in [-0.2, 0) is 6.54 Å². The monoisotopic (exact) mass is 260 g/mol. The van der Waals surface area contributed by atoms with Crippen molar-refractivity contribution in [2.75, 3.05) is 13.7 Å². The van der Waals surface area contributed by atoms with E-state index in [-0.39, 0.29) is 5.78 Å². The first-order chi connectivity index (χ1) is 9.20. The lowest BCUT2D eigenvalue weighted by Crippen LogP contribution is -2.10. The highest BCUT2D eigenvalue weighted by Gasteiger charge is 2.10. The maximum Gasteiger partial charge on any atom is 0.163 e. The fourth-order valence-electron chi connectivity index (χ4n) is 1.72. The average Bonchev–Trinajstić information content (AvgIpc) is 2.91. The minimum atomic E-state index is -0.0308. The number of rotatable bonds is 6. The molecule has 0 aliphatic rings. The van der Waals surface area contributed by atoms with Gasteiger partial charge in [0.05, 0.1) is 19.2 Å². The average molecular weight is 260 g/mol. The second-order valence-corrected chi connectivity index (χ2v) is 4.04. The molecule has 0 spiro atoms. The summed E-state index contributed by atoms with van der Waals surface area (Å²) in [4.78, 5) is 11.5. The normalized spacial score (nSPS) is 10.2. The van der Waals surface area contributed by atoms with Crippen molar-refractivity contribution in [2.24, 2.45) is 0 Å². The number of hydrogen-bond acceptors (Lipinski definition) is 4. The van der Waals surface area contributed by atoms with Crippen molar-refractivity contribution in [3.05, 3.63) is 42.2 Å². The Balaban J connectivity index is 2.06. The molecule has 0 bridgehead atoms. The topological polar surface area (TPSA) is 53.4 Å². The summed E-state index contributed by atoms with van der Waals surface area (Å²) < 4.78 is 12.6. The zero-order valence-electron chi connectivity index (χ0n) is 11.0. The van der Waals surface area contributed by atoms with Gasteiger partial charge in [-0.2, -0.15) is 5.10 Å². The number of Topliss-reactive ketones (excluding diaryl/α,β-unsaturated/α-hetero) is 1. The van der Waals surface area contributed by atoms with Crippen LogP contribution >= 0.6 is 0 Å². The van der Waals surface area contributed by atoms with Gasteiger partial charge < -0.3 is 9.47 Å². The van der Waals surface area contributed by atoms with Gasteiger partial charge in [0.1, 0.15) is 18.1 Å². The summed E-state index contributed by atoms with van der Waals surface area (Å²) >= 11 is 0. The second-order valence-electron chi connectivity index (χ2n) is 4.04. The molecule has 0 saturated carbocycles. The first-order valence-corrected chi connectivity index (χ1v) is 6.00. The van der Waals surface area contributed by atoms with Crippen molar-refractivity contribution >= 4 is 5.78 Å². The van der Waals surface area contributed by atoms with E-state index in [0.29, 0.717) is 30.2 Å². The van der Waals surface area contributed by atoms with Gasteiger partial charge in [0.25, 0.3) is 0 Å². The molecule has 2 rings (SSSR count). The molecule has 0 amide bonds. The highest BCUT2D eigenvalue weighted by atomic mass is 16.5. The van der Waals surface area contributed by atoms with Crippen molar-refractivity contribution in [1.29, 1.82) is 0 Å². The third kappa shape index (κ3) is 3.34. The zero-order valence-corrected chi connectivity index (χ0v) is 11.0. The van der Waals surface area contributed by atoms with Gasteiger partial charge in [0.15, 0.2) is 5.78 Å². The van der Waals surface area contributed by atoms with E-state index < -0.39 is 0 Å². The zero-order chi connectivity index (χ0) is 13.7. The van der Waals surface area contributed by atoms with Crippen molar-refractivity contribution in [3.63, 3.8) is 0 Å². The van der Waals surface area contributed by atoms with E-state index in [4.69, 9.17) is 9.47 Å². The molecule has 1 aromatic carbocycles. The van der Waals surface area contributed by atoms with Crippen LogP contribution in [0.5, 0.6) is 11.5 Å². The van der Waals surface area contributed by atoms with E-state index in [9.17, 15) is 4.79 Å². The molecule has 0 saturated heterocycles. The molecule has 0 fully saturated rings. The van der Waals surface area contributed by atoms with E-state index in [1.807, 2.05) is 12.3 Å². The van der Waals surface area contributed by atoms with Crippen LogP contribution in [0.3, 0.4) is 0 Å². The smallest absolute Gasteiger partial charge is 0.163 e. The van der Waals surface area contributed by atoms with Crippen LogP contribution in [0.15, 0.2) is 36.7 Å². The molecule has 1 heterocycles. The van der Waals surface area contributed by atoms with Crippen LogP contribution in [0.4, 0.5) is 0 Å². The largest absolute Gasteiger partial charge is 0.497 e. The lowest BCUT2D eigenvalue weighted by molar-refractivity contribution is 0.101. The maximum atomic E-state index is 11.5. The molecule has 0 radical (unpaired) electrons. The Hall–Kier alpha value is -2.30. The van der Waals surface area contributed by atoms with E-state index in [1.54, 1.807) is 36.2 Å². The number of methoxy groups -OCH3 is 1. The molecule has 100 valence electrons. The minimum absolute atomic E-state index is 0.0308. The second kappa shape index (κ2) is 6.04. The molecule has 0 atom stereocenters. The first-order valence-electron chi connectivity index (χ1n) is 6.00. The number of ketones is 1. The molecule has 2 aromatic rings. The Morgan fingerprint density at radius 1 is 1.42 bits per heavy atom. The van der Waals surface area contributed by atoms with E-state index >= 15 is 0 Å². The summed E-state index contributed by atoms with van der Waals surface area (Å²) in [6.45, 7) is 2.58. The van der Waals surface area contributed by atoms with Gasteiger partial charge in [0, 0.05) is 18.5 Å². The number of hydrogen-bond donors (Lipinski definition) is 0. The first kappa shape index (κ1) is 13.1. The summed E-state index contributed by atoms with van der Waals surface area (Å²) in [6, 6.07) is 7.04. The standard InChI is InChI=1S/C14H16N2O3/c1-11(17)13-5-4-12(18-2)10-14(13)19-9-8-16-7-3-6-15-16/h3-7,10H,8-9H2,1-2H3.